The average molecular weight is 393 g/mol. The predicted molar refractivity (Wildman–Crippen MR) is 110 cm³/mol. The summed E-state index contributed by atoms with van der Waals surface area (Å²) in [5, 5.41) is 15.1. The van der Waals surface area contributed by atoms with Crippen molar-refractivity contribution in [1.29, 1.82) is 0 Å². The molecule has 0 atom stereocenters. The Morgan fingerprint density at radius 3 is 2.54 bits per heavy atom. The van der Waals surface area contributed by atoms with E-state index in [0.29, 0.717) is 5.13 Å². The Bertz CT molecular complexity index is 1150. The Morgan fingerprint density at radius 1 is 1.00 bits per heavy atom. The molecule has 0 saturated heterocycles. The summed E-state index contributed by atoms with van der Waals surface area (Å²) in [5.41, 5.74) is 8.02. The van der Waals surface area contributed by atoms with Gasteiger partial charge in [-0.3, -0.25) is 21.0 Å². The van der Waals surface area contributed by atoms with Gasteiger partial charge in [0.1, 0.15) is 6.33 Å². The minimum atomic E-state index is -0.532. The van der Waals surface area contributed by atoms with Crippen LogP contribution in [0.1, 0.15) is 5.56 Å². The number of para-hydroxylation sites is 2. The molecule has 4 aromatic rings. The molecule has 0 spiro atoms. The van der Waals surface area contributed by atoms with Gasteiger partial charge in [-0.25, -0.2) is 15.0 Å². The van der Waals surface area contributed by atoms with Crippen molar-refractivity contribution in [2.75, 3.05) is 16.2 Å². The van der Waals surface area contributed by atoms with Crippen molar-refractivity contribution in [2.24, 2.45) is 0 Å². The van der Waals surface area contributed by atoms with E-state index < -0.39 is 4.92 Å². The monoisotopic (exact) mass is 393 g/mol. The maximum absolute atomic E-state index is 11.7. The minimum Gasteiger partial charge on any atom is -0.310 e. The number of anilines is 4. The number of nitrogens with one attached hydrogen (secondary N) is 3. The van der Waals surface area contributed by atoms with E-state index in [4.69, 9.17) is 0 Å². The van der Waals surface area contributed by atoms with Gasteiger partial charge in [-0.15, -0.1) is 0 Å². The number of thiazole rings is 1. The quantitative estimate of drug-likeness (QED) is 0.324. The number of hydrogen-bond donors (Lipinski definition) is 3. The lowest BCUT2D eigenvalue weighted by Gasteiger charge is -2.10. The highest BCUT2D eigenvalue weighted by Gasteiger charge is 2.24. The van der Waals surface area contributed by atoms with Gasteiger partial charge in [0.15, 0.2) is 5.13 Å². The molecule has 140 valence electrons. The molecule has 2 heterocycles. The number of hydrazine groups is 1. The van der Waals surface area contributed by atoms with Crippen LogP contribution in [0.25, 0.3) is 10.2 Å². The summed E-state index contributed by atoms with van der Waals surface area (Å²) in [7, 11) is 0. The summed E-state index contributed by atoms with van der Waals surface area (Å²) >= 11 is 1.40. The number of aryl methyl sites for hydroxylation is 1. The van der Waals surface area contributed by atoms with E-state index >= 15 is 0 Å². The molecule has 9 nitrogen and oxygen atoms in total. The van der Waals surface area contributed by atoms with E-state index in [-0.39, 0.29) is 17.3 Å². The zero-order valence-corrected chi connectivity index (χ0v) is 15.5. The Balaban J connectivity index is 1.64. The first-order valence-corrected chi connectivity index (χ1v) is 9.13. The molecule has 3 N–H and O–H groups in total. The molecule has 2 aromatic carbocycles. The van der Waals surface area contributed by atoms with E-state index in [0.717, 1.165) is 21.5 Å². The molecule has 4 rings (SSSR count). The lowest BCUT2D eigenvalue weighted by atomic mass is 10.2. The van der Waals surface area contributed by atoms with Crippen molar-refractivity contribution < 1.29 is 4.92 Å². The van der Waals surface area contributed by atoms with Crippen molar-refractivity contribution in [3.8, 4) is 0 Å². The summed E-state index contributed by atoms with van der Waals surface area (Å²) in [6, 6.07) is 15.1. The van der Waals surface area contributed by atoms with Gasteiger partial charge in [-0.1, -0.05) is 41.7 Å². The van der Waals surface area contributed by atoms with Crippen molar-refractivity contribution in [3.05, 3.63) is 70.5 Å². The zero-order valence-electron chi connectivity index (χ0n) is 14.7. The average Bonchev–Trinajstić information content (AvgIpc) is 3.11. The zero-order chi connectivity index (χ0) is 19.5. The van der Waals surface area contributed by atoms with Gasteiger partial charge >= 0.3 is 5.69 Å². The van der Waals surface area contributed by atoms with Crippen LogP contribution >= 0.6 is 11.3 Å². The van der Waals surface area contributed by atoms with E-state index in [9.17, 15) is 10.1 Å². The number of rotatable bonds is 6. The lowest BCUT2D eigenvalue weighted by molar-refractivity contribution is -0.383. The molecule has 0 saturated carbocycles. The molecule has 0 aliphatic carbocycles. The second-order valence-corrected chi connectivity index (χ2v) is 6.89. The third-order valence-electron chi connectivity index (χ3n) is 3.95. The van der Waals surface area contributed by atoms with E-state index in [1.165, 1.54) is 17.7 Å². The molecule has 0 bridgehead atoms. The van der Waals surface area contributed by atoms with Gasteiger partial charge in [-0.05, 0) is 30.7 Å². The molecule has 10 heteroatoms. The standard InChI is InChI=1S/C18H15N7O2S/c1-11-6-5-9-13-14(11)21-18(28-13)22-16-15(25(26)27)17(20-10-19-16)24-23-12-7-3-2-4-8-12/h2-10,23H,1H3,(H2,19,20,21,22,24). The van der Waals surface area contributed by atoms with E-state index in [1.807, 2.05) is 55.5 Å². The number of nitro groups is 1. The Hall–Kier alpha value is -3.79. The fraction of sp³-hybridized carbons (Fsp3) is 0.0556. The molecule has 0 aliphatic heterocycles. The van der Waals surface area contributed by atoms with Gasteiger partial charge in [0.05, 0.1) is 20.8 Å². The second-order valence-electron chi connectivity index (χ2n) is 5.86. The van der Waals surface area contributed by atoms with Crippen LogP contribution in [0, 0.1) is 17.0 Å². The summed E-state index contributed by atoms with van der Waals surface area (Å²) in [5.74, 6) is 0.109. The first-order valence-electron chi connectivity index (χ1n) is 8.31. The van der Waals surface area contributed by atoms with Gasteiger partial charge < -0.3 is 5.32 Å². The van der Waals surface area contributed by atoms with E-state index in [2.05, 4.69) is 31.1 Å². The second kappa shape index (κ2) is 7.45. The van der Waals surface area contributed by atoms with Crippen LogP contribution in [0.5, 0.6) is 0 Å². The normalized spacial score (nSPS) is 10.6. The van der Waals surface area contributed by atoms with Crippen LogP contribution in [0.15, 0.2) is 54.9 Å². The van der Waals surface area contributed by atoms with Crippen LogP contribution in [-0.4, -0.2) is 19.9 Å². The fourth-order valence-corrected chi connectivity index (χ4v) is 3.57. The van der Waals surface area contributed by atoms with Gasteiger partial charge in [0.25, 0.3) is 0 Å². The largest absolute Gasteiger partial charge is 0.355 e. The molecule has 0 fully saturated rings. The third-order valence-corrected chi connectivity index (χ3v) is 4.89. The SMILES string of the molecule is Cc1cccc2sc(Nc3ncnc(NNc4ccccc4)c3[N+](=O)[O-])nc12. The number of aromatic nitrogens is 3. The summed E-state index contributed by atoms with van der Waals surface area (Å²) in [6.45, 7) is 1.97. The first-order chi connectivity index (χ1) is 13.6. The molecular weight excluding hydrogens is 378 g/mol. The van der Waals surface area contributed by atoms with Gasteiger partial charge in [0, 0.05) is 0 Å². The highest BCUT2D eigenvalue weighted by Crippen LogP contribution is 2.34. The Morgan fingerprint density at radius 2 is 1.79 bits per heavy atom. The number of nitrogens with zero attached hydrogens (tertiary/aromatic N) is 4. The van der Waals surface area contributed by atoms with Crippen LogP contribution in [-0.2, 0) is 0 Å². The van der Waals surface area contributed by atoms with Gasteiger partial charge in [0.2, 0.25) is 11.6 Å². The van der Waals surface area contributed by atoms with Gasteiger partial charge in [-0.2, -0.15) is 0 Å². The highest BCUT2D eigenvalue weighted by atomic mass is 32.1. The van der Waals surface area contributed by atoms with Crippen LogP contribution in [0.3, 0.4) is 0 Å². The Kier molecular flexibility index (Phi) is 4.68. The number of fused-ring (bicyclic) bond motifs is 1. The van der Waals surface area contributed by atoms with Crippen LogP contribution < -0.4 is 16.2 Å². The Labute approximate surface area is 163 Å². The van der Waals surface area contributed by atoms with Crippen molar-refractivity contribution in [2.45, 2.75) is 6.92 Å². The highest BCUT2D eigenvalue weighted by molar-refractivity contribution is 7.22. The molecule has 28 heavy (non-hydrogen) atoms. The van der Waals surface area contributed by atoms with Crippen molar-refractivity contribution in [1.82, 2.24) is 15.0 Å². The molecule has 0 unspecified atom stereocenters. The maximum Gasteiger partial charge on any atom is 0.355 e. The summed E-state index contributed by atoms with van der Waals surface area (Å²) in [4.78, 5) is 23.7. The topological polar surface area (TPSA) is 118 Å². The predicted octanol–water partition coefficient (Wildman–Crippen LogP) is 4.49. The molecule has 2 aromatic heterocycles. The van der Waals surface area contributed by atoms with Crippen molar-refractivity contribution >= 4 is 49.7 Å². The lowest BCUT2D eigenvalue weighted by Crippen LogP contribution is -2.13. The maximum atomic E-state index is 11.7. The minimum absolute atomic E-state index is 0.0450. The first kappa shape index (κ1) is 17.6. The molecule has 0 amide bonds. The number of benzene rings is 2. The smallest absolute Gasteiger partial charge is 0.310 e. The number of hydrogen-bond acceptors (Lipinski definition) is 9. The van der Waals surface area contributed by atoms with E-state index in [1.54, 1.807) is 0 Å². The third kappa shape index (κ3) is 3.53. The van der Waals surface area contributed by atoms with Crippen LogP contribution in [0.4, 0.5) is 28.1 Å². The van der Waals surface area contributed by atoms with Crippen LogP contribution in [0.2, 0.25) is 0 Å². The molecular formula is C18H15N7O2S. The summed E-state index contributed by atoms with van der Waals surface area (Å²) in [6.07, 6.45) is 1.25. The fourth-order valence-electron chi connectivity index (χ4n) is 2.63. The van der Waals surface area contributed by atoms with Crippen molar-refractivity contribution in [3.63, 3.8) is 0 Å². The molecule has 0 radical (unpaired) electrons. The molecule has 0 aliphatic rings. The summed E-state index contributed by atoms with van der Waals surface area (Å²) < 4.78 is 0.989.